The molecule has 2 aromatic rings. The van der Waals surface area contributed by atoms with Crippen LogP contribution in [0.25, 0.3) is 10.8 Å². The van der Waals surface area contributed by atoms with Crippen molar-refractivity contribution in [2.45, 2.75) is 51.7 Å². The first kappa shape index (κ1) is 19.1. The summed E-state index contributed by atoms with van der Waals surface area (Å²) in [4.78, 5) is 11.2. The second kappa shape index (κ2) is 8.32. The van der Waals surface area contributed by atoms with Crippen molar-refractivity contribution in [2.24, 2.45) is 11.3 Å². The van der Waals surface area contributed by atoms with Crippen molar-refractivity contribution >= 4 is 17.1 Å². The van der Waals surface area contributed by atoms with Crippen LogP contribution in [-0.4, -0.2) is 32.2 Å². The molecule has 3 nitrogen and oxygen atoms in total. The van der Waals surface area contributed by atoms with Crippen LogP contribution >= 0.6 is 0 Å². The first-order valence-electron chi connectivity index (χ1n) is 9.61. The van der Waals surface area contributed by atoms with Crippen LogP contribution in [-0.2, 0) is 20.7 Å². The second-order valence-corrected chi connectivity index (χ2v) is 8.09. The van der Waals surface area contributed by atoms with E-state index in [1.54, 1.807) is 7.11 Å². The van der Waals surface area contributed by atoms with Gasteiger partial charge >= 0.3 is 0 Å². The highest BCUT2D eigenvalue weighted by molar-refractivity contribution is 5.82. The van der Waals surface area contributed by atoms with Gasteiger partial charge in [-0.25, -0.2) is 0 Å². The van der Waals surface area contributed by atoms with Crippen LogP contribution in [0.3, 0.4) is 0 Å². The van der Waals surface area contributed by atoms with Gasteiger partial charge in [-0.15, -0.1) is 0 Å². The van der Waals surface area contributed by atoms with E-state index >= 15 is 0 Å². The quantitative estimate of drug-likeness (QED) is 0.670. The van der Waals surface area contributed by atoms with Crippen molar-refractivity contribution in [3.05, 3.63) is 48.0 Å². The highest BCUT2D eigenvalue weighted by Gasteiger charge is 2.44. The molecule has 0 heterocycles. The summed E-state index contributed by atoms with van der Waals surface area (Å²) in [6, 6.07) is 15.0. The van der Waals surface area contributed by atoms with E-state index in [4.69, 9.17) is 9.47 Å². The van der Waals surface area contributed by atoms with Gasteiger partial charge in [0.15, 0.2) is 0 Å². The largest absolute Gasteiger partial charge is 0.380 e. The Bertz CT molecular complexity index is 737. The van der Waals surface area contributed by atoms with Crippen LogP contribution in [0.2, 0.25) is 0 Å². The smallest absolute Gasteiger partial charge is 0.120 e. The summed E-state index contributed by atoms with van der Waals surface area (Å²) >= 11 is 0. The number of carbonyl (C=O) groups excluding carboxylic acids is 1. The fourth-order valence-electron chi connectivity index (χ4n) is 4.45. The zero-order valence-electron chi connectivity index (χ0n) is 16.1. The minimum Gasteiger partial charge on any atom is -0.380 e. The summed E-state index contributed by atoms with van der Waals surface area (Å²) in [5.41, 5.74) is 1.37. The lowest BCUT2D eigenvalue weighted by atomic mass is 9.67. The van der Waals surface area contributed by atoms with E-state index < -0.39 is 0 Å². The molecule has 0 aliphatic heterocycles. The third kappa shape index (κ3) is 4.16. The number of hydrogen-bond donors (Lipinski definition) is 0. The first-order valence-corrected chi connectivity index (χ1v) is 9.61. The van der Waals surface area contributed by atoms with Gasteiger partial charge in [-0.3, -0.25) is 0 Å². The van der Waals surface area contributed by atoms with E-state index in [-0.39, 0.29) is 23.5 Å². The lowest BCUT2D eigenvalue weighted by Gasteiger charge is -2.46. The molecule has 0 radical (unpaired) electrons. The fraction of sp³-hybridized carbons (Fsp3) is 0.522. The Balaban J connectivity index is 1.62. The molecule has 3 atom stereocenters. The molecule has 0 saturated heterocycles. The summed E-state index contributed by atoms with van der Waals surface area (Å²) < 4.78 is 12.0. The zero-order chi connectivity index (χ0) is 18.6. The summed E-state index contributed by atoms with van der Waals surface area (Å²) in [5.74, 6) is 0.137. The molecule has 1 aliphatic carbocycles. The van der Waals surface area contributed by atoms with Gasteiger partial charge < -0.3 is 14.3 Å². The highest BCUT2D eigenvalue weighted by atomic mass is 16.5. The number of carbonyl (C=O) groups is 1. The Hall–Kier alpha value is -1.71. The van der Waals surface area contributed by atoms with E-state index in [0.29, 0.717) is 13.0 Å². The van der Waals surface area contributed by atoms with Gasteiger partial charge in [-0.2, -0.15) is 0 Å². The molecule has 3 heteroatoms. The predicted molar refractivity (Wildman–Crippen MR) is 105 cm³/mol. The molecule has 1 aliphatic rings. The van der Waals surface area contributed by atoms with Gasteiger partial charge in [0, 0.05) is 19.4 Å². The predicted octanol–water partition coefficient (Wildman–Crippen LogP) is 4.81. The topological polar surface area (TPSA) is 35.5 Å². The summed E-state index contributed by atoms with van der Waals surface area (Å²) in [6.45, 7) is 5.13. The minimum atomic E-state index is 0.0621. The maximum Gasteiger partial charge on any atom is 0.120 e. The number of hydrogen-bond acceptors (Lipinski definition) is 3. The van der Waals surface area contributed by atoms with Gasteiger partial charge in [-0.05, 0) is 41.0 Å². The van der Waals surface area contributed by atoms with Crippen molar-refractivity contribution in [1.29, 1.82) is 0 Å². The van der Waals surface area contributed by atoms with E-state index in [1.165, 1.54) is 16.3 Å². The van der Waals surface area contributed by atoms with Gasteiger partial charge in [-0.1, -0.05) is 56.3 Å². The number of rotatable bonds is 7. The van der Waals surface area contributed by atoms with Gasteiger partial charge in [0.25, 0.3) is 0 Å². The lowest BCUT2D eigenvalue weighted by Crippen LogP contribution is -2.49. The summed E-state index contributed by atoms with van der Waals surface area (Å²) in [5, 5.41) is 2.53. The second-order valence-electron chi connectivity index (χ2n) is 8.09. The molecule has 0 unspecified atom stereocenters. The van der Waals surface area contributed by atoms with Crippen molar-refractivity contribution in [1.82, 2.24) is 0 Å². The molecule has 3 rings (SSSR count). The summed E-state index contributed by atoms with van der Waals surface area (Å²) in [7, 11) is 1.75. The van der Waals surface area contributed by atoms with Gasteiger partial charge in [0.1, 0.15) is 6.29 Å². The molecule has 1 fully saturated rings. The van der Waals surface area contributed by atoms with Crippen molar-refractivity contribution in [2.75, 3.05) is 13.7 Å². The molecular formula is C23H30O3. The van der Waals surface area contributed by atoms with Crippen LogP contribution in [0.15, 0.2) is 42.5 Å². The standard InChI is InChI=1S/C23H30O3/c1-23(2)13-10-21(20(11-14-24)22(23)25-3)26-15-12-17-8-9-18-6-4-5-7-19(18)16-17/h4-9,14,16,20-22H,10-13,15H2,1-3H3/t20-,21-,22-/m1/s1. The average Bonchev–Trinajstić information content (AvgIpc) is 2.63. The molecule has 0 N–H and O–H groups in total. The Labute approximate surface area is 156 Å². The van der Waals surface area contributed by atoms with E-state index in [9.17, 15) is 4.79 Å². The van der Waals surface area contributed by atoms with Crippen LogP contribution in [0.5, 0.6) is 0 Å². The third-order valence-corrected chi connectivity index (χ3v) is 5.87. The van der Waals surface area contributed by atoms with E-state index in [1.807, 2.05) is 0 Å². The molecule has 1 saturated carbocycles. The zero-order valence-corrected chi connectivity index (χ0v) is 16.1. The van der Waals surface area contributed by atoms with Crippen LogP contribution in [0, 0.1) is 11.3 Å². The van der Waals surface area contributed by atoms with Crippen LogP contribution in [0.1, 0.15) is 38.7 Å². The van der Waals surface area contributed by atoms with Crippen LogP contribution < -0.4 is 0 Å². The fourth-order valence-corrected chi connectivity index (χ4v) is 4.45. The maximum absolute atomic E-state index is 11.2. The maximum atomic E-state index is 11.2. The summed E-state index contributed by atoms with van der Waals surface area (Å²) in [6.07, 6.45) is 4.60. The van der Waals surface area contributed by atoms with E-state index in [2.05, 4.69) is 56.3 Å². The van der Waals surface area contributed by atoms with E-state index in [0.717, 1.165) is 25.5 Å². The van der Waals surface area contributed by atoms with Gasteiger partial charge in [0.2, 0.25) is 0 Å². The monoisotopic (exact) mass is 354 g/mol. The third-order valence-electron chi connectivity index (χ3n) is 5.87. The number of methoxy groups -OCH3 is 1. The average molecular weight is 354 g/mol. The minimum absolute atomic E-state index is 0.0621. The van der Waals surface area contributed by atoms with Crippen LogP contribution in [0.4, 0.5) is 0 Å². The highest BCUT2D eigenvalue weighted by Crippen LogP contribution is 2.43. The van der Waals surface area contributed by atoms with Crippen molar-refractivity contribution in [3.8, 4) is 0 Å². The first-order chi connectivity index (χ1) is 12.5. The molecule has 0 spiro atoms. The Morgan fingerprint density at radius 1 is 1.15 bits per heavy atom. The number of benzene rings is 2. The number of fused-ring (bicyclic) bond motifs is 1. The Morgan fingerprint density at radius 3 is 2.65 bits per heavy atom. The van der Waals surface area contributed by atoms with Crippen molar-refractivity contribution in [3.63, 3.8) is 0 Å². The molecule has 0 amide bonds. The Morgan fingerprint density at radius 2 is 1.92 bits per heavy atom. The van der Waals surface area contributed by atoms with Crippen molar-refractivity contribution < 1.29 is 14.3 Å². The number of aldehydes is 1. The van der Waals surface area contributed by atoms with Gasteiger partial charge in [0.05, 0.1) is 18.8 Å². The molecule has 0 aromatic heterocycles. The Kier molecular flexibility index (Phi) is 6.10. The molecule has 0 bridgehead atoms. The molecule has 2 aromatic carbocycles. The normalized spacial score (nSPS) is 25.3. The SMILES string of the molecule is CO[C@@H]1[C@H](CC=O)[C@H](OCCc2ccc3ccccc3c2)CCC1(C)C. The lowest BCUT2D eigenvalue weighted by molar-refractivity contribution is -0.138. The molecule has 26 heavy (non-hydrogen) atoms. The number of ether oxygens (including phenoxy) is 2. The molecule has 140 valence electrons. The molecular weight excluding hydrogens is 324 g/mol.